The molecule has 1 aromatic heterocycles. The lowest BCUT2D eigenvalue weighted by Gasteiger charge is -2.20. The van der Waals surface area contributed by atoms with E-state index in [-0.39, 0.29) is 11.7 Å². The fourth-order valence-electron chi connectivity index (χ4n) is 2.61. The third-order valence-electron chi connectivity index (χ3n) is 4.03. The van der Waals surface area contributed by atoms with E-state index in [1.54, 1.807) is 6.21 Å². The second-order valence-corrected chi connectivity index (χ2v) is 6.72. The van der Waals surface area contributed by atoms with E-state index in [9.17, 15) is 4.79 Å². The van der Waals surface area contributed by atoms with Crippen LogP contribution in [0.2, 0.25) is 0 Å². The van der Waals surface area contributed by atoms with Crippen molar-refractivity contribution in [1.29, 1.82) is 0 Å². The predicted molar refractivity (Wildman–Crippen MR) is 110 cm³/mol. The van der Waals surface area contributed by atoms with Gasteiger partial charge in [0.25, 0.3) is 11.1 Å². The summed E-state index contributed by atoms with van der Waals surface area (Å²) >= 11 is 1.24. The molecule has 0 bridgehead atoms. The summed E-state index contributed by atoms with van der Waals surface area (Å²) in [4.78, 5) is 18.5. The van der Waals surface area contributed by atoms with E-state index in [0.29, 0.717) is 10.8 Å². The minimum Gasteiger partial charge on any atom is -0.431 e. The molecule has 3 rings (SSSR count). The van der Waals surface area contributed by atoms with Crippen LogP contribution in [-0.2, 0) is 4.79 Å². The van der Waals surface area contributed by atoms with Gasteiger partial charge in [0, 0.05) is 18.8 Å². The highest BCUT2D eigenvalue weighted by atomic mass is 32.2. The highest BCUT2D eigenvalue weighted by Gasteiger charge is 2.08. The first-order valence-electron chi connectivity index (χ1n) is 8.85. The van der Waals surface area contributed by atoms with Crippen LogP contribution < -0.4 is 10.3 Å². The average molecular weight is 382 g/mol. The molecule has 0 aliphatic carbocycles. The molecule has 0 radical (unpaired) electrons. The van der Waals surface area contributed by atoms with Gasteiger partial charge in [0.15, 0.2) is 5.58 Å². The molecule has 140 valence electrons. The number of hydrogen-bond donors (Lipinski definition) is 1. The molecule has 0 saturated heterocycles. The topological polar surface area (TPSA) is 70.7 Å². The summed E-state index contributed by atoms with van der Waals surface area (Å²) in [6.07, 6.45) is 1.63. The predicted octanol–water partition coefficient (Wildman–Crippen LogP) is 3.92. The molecule has 1 heterocycles. The number of nitrogens with one attached hydrogen (secondary N) is 1. The lowest BCUT2D eigenvalue weighted by molar-refractivity contribution is -0.118. The number of amides is 1. The van der Waals surface area contributed by atoms with E-state index in [1.165, 1.54) is 17.4 Å². The summed E-state index contributed by atoms with van der Waals surface area (Å²) in [5.41, 5.74) is 6.13. The number of fused-ring (bicyclic) bond motifs is 1. The van der Waals surface area contributed by atoms with Gasteiger partial charge in [-0.2, -0.15) is 5.10 Å². The van der Waals surface area contributed by atoms with Crippen LogP contribution in [0.5, 0.6) is 0 Å². The Morgan fingerprint density at radius 2 is 1.93 bits per heavy atom. The van der Waals surface area contributed by atoms with Crippen LogP contribution in [0.4, 0.5) is 5.69 Å². The molecule has 3 aromatic rings. The quantitative estimate of drug-likeness (QED) is 0.363. The summed E-state index contributed by atoms with van der Waals surface area (Å²) in [6, 6.07) is 15.6. The molecule has 0 saturated carbocycles. The van der Waals surface area contributed by atoms with E-state index < -0.39 is 0 Å². The van der Waals surface area contributed by atoms with Crippen LogP contribution in [0.15, 0.2) is 63.3 Å². The molecule has 6 nitrogen and oxygen atoms in total. The van der Waals surface area contributed by atoms with E-state index in [1.807, 2.05) is 36.4 Å². The van der Waals surface area contributed by atoms with Crippen molar-refractivity contribution in [3.8, 4) is 0 Å². The van der Waals surface area contributed by atoms with Crippen LogP contribution in [0.25, 0.3) is 11.1 Å². The second-order valence-electron chi connectivity index (χ2n) is 5.79. The molecular weight excluding hydrogens is 360 g/mol. The van der Waals surface area contributed by atoms with Crippen molar-refractivity contribution < 1.29 is 9.21 Å². The van der Waals surface area contributed by atoms with E-state index in [2.05, 4.69) is 46.4 Å². The number of oxazole rings is 1. The van der Waals surface area contributed by atoms with Crippen molar-refractivity contribution in [3.63, 3.8) is 0 Å². The Morgan fingerprint density at radius 1 is 1.19 bits per heavy atom. The Hall–Kier alpha value is -2.80. The van der Waals surface area contributed by atoms with Gasteiger partial charge in [0.05, 0.1) is 12.0 Å². The Balaban J connectivity index is 1.48. The number of rotatable bonds is 8. The third kappa shape index (κ3) is 5.10. The molecule has 7 heteroatoms. The van der Waals surface area contributed by atoms with Crippen molar-refractivity contribution in [2.45, 2.75) is 19.1 Å². The molecule has 1 amide bonds. The average Bonchev–Trinajstić information content (AvgIpc) is 3.11. The van der Waals surface area contributed by atoms with Gasteiger partial charge >= 0.3 is 0 Å². The molecule has 0 aliphatic rings. The molecule has 0 aliphatic heterocycles. The summed E-state index contributed by atoms with van der Waals surface area (Å²) in [7, 11) is 0. The van der Waals surface area contributed by atoms with Crippen LogP contribution in [0, 0.1) is 0 Å². The third-order valence-corrected chi connectivity index (χ3v) is 4.85. The van der Waals surface area contributed by atoms with Gasteiger partial charge < -0.3 is 9.32 Å². The zero-order chi connectivity index (χ0) is 19.1. The first-order chi connectivity index (χ1) is 13.2. The number of hydrogen-bond acceptors (Lipinski definition) is 6. The first kappa shape index (κ1) is 19.0. The van der Waals surface area contributed by atoms with Gasteiger partial charge in [-0.3, -0.25) is 4.79 Å². The summed E-state index contributed by atoms with van der Waals surface area (Å²) < 4.78 is 5.57. The lowest BCUT2D eigenvalue weighted by Crippen LogP contribution is -2.21. The number of hydrazone groups is 1. The minimum absolute atomic E-state index is 0.186. The Morgan fingerprint density at radius 3 is 2.63 bits per heavy atom. The zero-order valence-electron chi connectivity index (χ0n) is 15.4. The molecule has 0 spiro atoms. The van der Waals surface area contributed by atoms with E-state index >= 15 is 0 Å². The number of para-hydroxylation sites is 2. The van der Waals surface area contributed by atoms with Crippen molar-refractivity contribution in [3.05, 3.63) is 54.1 Å². The van der Waals surface area contributed by atoms with Gasteiger partial charge in [-0.1, -0.05) is 36.0 Å². The highest BCUT2D eigenvalue weighted by Crippen LogP contribution is 2.22. The fourth-order valence-corrected chi connectivity index (χ4v) is 3.24. The molecule has 27 heavy (non-hydrogen) atoms. The summed E-state index contributed by atoms with van der Waals surface area (Å²) in [6.45, 7) is 6.20. The molecule has 0 unspecified atom stereocenters. The van der Waals surface area contributed by atoms with Gasteiger partial charge in [0.2, 0.25) is 0 Å². The van der Waals surface area contributed by atoms with Gasteiger partial charge in [-0.05, 0) is 43.7 Å². The van der Waals surface area contributed by atoms with Crippen molar-refractivity contribution >= 4 is 40.7 Å². The van der Waals surface area contributed by atoms with Crippen LogP contribution in [-0.4, -0.2) is 35.9 Å². The number of carbonyl (C=O) groups excluding carboxylic acids is 1. The van der Waals surface area contributed by atoms with Crippen LogP contribution in [0.3, 0.4) is 0 Å². The monoisotopic (exact) mass is 382 g/mol. The van der Waals surface area contributed by atoms with Crippen molar-refractivity contribution in [2.75, 3.05) is 23.7 Å². The Bertz CT molecular complexity index is 884. The molecule has 0 atom stereocenters. The zero-order valence-corrected chi connectivity index (χ0v) is 16.2. The standard InChI is InChI=1S/C20H22N4O2S/c1-3-24(4-2)16-11-9-15(10-12-16)13-21-23-19(25)14-27-20-22-17-7-5-6-8-18(17)26-20/h5-13H,3-4,14H2,1-2H3,(H,23,25). The number of anilines is 1. The highest BCUT2D eigenvalue weighted by molar-refractivity contribution is 7.99. The fraction of sp³-hybridized carbons (Fsp3) is 0.250. The van der Waals surface area contributed by atoms with E-state index in [4.69, 9.17) is 4.42 Å². The van der Waals surface area contributed by atoms with Crippen LogP contribution in [0.1, 0.15) is 19.4 Å². The number of nitrogens with zero attached hydrogens (tertiary/aromatic N) is 3. The Labute approximate surface area is 162 Å². The number of benzene rings is 2. The minimum atomic E-state index is -0.210. The molecule has 0 fully saturated rings. The molecule has 1 N–H and O–H groups in total. The lowest BCUT2D eigenvalue weighted by atomic mass is 10.2. The molecule has 2 aromatic carbocycles. The van der Waals surface area contributed by atoms with Gasteiger partial charge in [-0.15, -0.1) is 0 Å². The van der Waals surface area contributed by atoms with Gasteiger partial charge in [0.1, 0.15) is 5.52 Å². The second kappa shape index (κ2) is 9.23. The Kier molecular flexibility index (Phi) is 6.49. The SMILES string of the molecule is CCN(CC)c1ccc(C=NNC(=O)CSc2nc3ccccc3o2)cc1. The maximum atomic E-state index is 11.9. The summed E-state index contributed by atoms with van der Waals surface area (Å²) in [5, 5.41) is 4.48. The largest absolute Gasteiger partial charge is 0.431 e. The maximum Gasteiger partial charge on any atom is 0.257 e. The normalized spacial score (nSPS) is 11.2. The first-order valence-corrected chi connectivity index (χ1v) is 9.83. The number of aromatic nitrogens is 1. The molecular formula is C20H22N4O2S. The number of thioether (sulfide) groups is 1. The number of carbonyl (C=O) groups is 1. The maximum absolute atomic E-state index is 11.9. The van der Waals surface area contributed by atoms with E-state index in [0.717, 1.165) is 24.2 Å². The van der Waals surface area contributed by atoms with Crippen LogP contribution >= 0.6 is 11.8 Å². The van der Waals surface area contributed by atoms with Crippen molar-refractivity contribution in [1.82, 2.24) is 10.4 Å². The van der Waals surface area contributed by atoms with Gasteiger partial charge in [-0.25, -0.2) is 10.4 Å². The smallest absolute Gasteiger partial charge is 0.257 e. The van der Waals surface area contributed by atoms with Crippen molar-refractivity contribution in [2.24, 2.45) is 5.10 Å². The summed E-state index contributed by atoms with van der Waals surface area (Å²) in [5.74, 6) is -0.0244.